The Bertz CT molecular complexity index is 73.9. The molecule has 0 saturated heterocycles. The summed E-state index contributed by atoms with van der Waals surface area (Å²) >= 11 is 0. The van der Waals surface area contributed by atoms with Crippen LogP contribution in [-0.4, -0.2) is 26.4 Å². The van der Waals surface area contributed by atoms with Crippen LogP contribution < -0.4 is 0 Å². The van der Waals surface area contributed by atoms with Crippen molar-refractivity contribution >= 4 is 20.2 Å². The molecule has 0 unspecified atom stereocenters. The quantitative estimate of drug-likeness (QED) is 0.431. The summed E-state index contributed by atoms with van der Waals surface area (Å²) in [5, 5.41) is 0. The molecule has 0 aromatic heterocycles. The third-order valence-electron chi connectivity index (χ3n) is 0.712. The van der Waals surface area contributed by atoms with Crippen LogP contribution in [0.15, 0.2) is 0 Å². The molecule has 0 bridgehead atoms. The molecule has 1 nitrogen and oxygen atoms in total. The van der Waals surface area contributed by atoms with Crippen molar-refractivity contribution in [2.45, 2.75) is 18.6 Å². The molecule has 0 aromatic carbocycles. The van der Waals surface area contributed by atoms with E-state index in [1.165, 1.54) is 0 Å². The van der Waals surface area contributed by atoms with Crippen molar-refractivity contribution in [1.82, 2.24) is 0 Å². The number of hydrogen-bond acceptors (Lipinski definition) is 1. The van der Waals surface area contributed by atoms with Crippen LogP contribution >= 0.6 is 0 Å². The molecule has 0 fully saturated rings. The Labute approximate surface area is 57.1 Å². The molecular weight excluding hydrogens is 165 g/mol. The standard InChI is InChI=1S/C3H8F3OSi2/c4-3(5,6)1-2-9-7-8/h9H,1-2H2,8H3. The number of hydrogen-bond donors (Lipinski definition) is 0. The van der Waals surface area contributed by atoms with Crippen molar-refractivity contribution < 1.29 is 17.3 Å². The molecule has 0 aliphatic rings. The zero-order valence-electron chi connectivity index (χ0n) is 5.03. The van der Waals surface area contributed by atoms with Gasteiger partial charge in [0.25, 0.3) is 0 Å². The second kappa shape index (κ2) is 4.07. The summed E-state index contributed by atoms with van der Waals surface area (Å²) in [4.78, 5) is 0. The van der Waals surface area contributed by atoms with Crippen LogP contribution in [0.1, 0.15) is 6.42 Å². The Morgan fingerprint density at radius 3 is 2.33 bits per heavy atom. The van der Waals surface area contributed by atoms with Crippen molar-refractivity contribution in [2.24, 2.45) is 0 Å². The Morgan fingerprint density at radius 2 is 2.00 bits per heavy atom. The summed E-state index contributed by atoms with van der Waals surface area (Å²) in [5.41, 5.74) is 0. The van der Waals surface area contributed by atoms with Gasteiger partial charge in [-0.15, -0.1) is 0 Å². The van der Waals surface area contributed by atoms with Gasteiger partial charge in [-0.05, 0) is 6.04 Å². The Morgan fingerprint density at radius 1 is 1.44 bits per heavy atom. The molecule has 0 amide bonds. The van der Waals surface area contributed by atoms with Crippen molar-refractivity contribution in [2.75, 3.05) is 0 Å². The van der Waals surface area contributed by atoms with Crippen LogP contribution in [0.5, 0.6) is 0 Å². The van der Waals surface area contributed by atoms with Gasteiger partial charge in [0.1, 0.15) is 10.5 Å². The Hall–Kier alpha value is 0.184. The van der Waals surface area contributed by atoms with E-state index in [2.05, 4.69) is 4.12 Å². The first-order valence-corrected chi connectivity index (χ1v) is 4.58. The lowest BCUT2D eigenvalue weighted by molar-refractivity contribution is -0.130. The third kappa shape index (κ3) is 8.18. The van der Waals surface area contributed by atoms with Gasteiger partial charge in [0.15, 0.2) is 9.76 Å². The van der Waals surface area contributed by atoms with Gasteiger partial charge in [0.2, 0.25) is 0 Å². The molecular formula is C3H8F3OSi2. The highest BCUT2D eigenvalue weighted by Gasteiger charge is 2.25. The zero-order chi connectivity index (χ0) is 7.33. The summed E-state index contributed by atoms with van der Waals surface area (Å²) in [5.74, 6) is 0. The molecule has 0 aliphatic heterocycles. The van der Waals surface area contributed by atoms with Crippen molar-refractivity contribution in [1.29, 1.82) is 0 Å². The lowest BCUT2D eigenvalue weighted by Gasteiger charge is -2.03. The van der Waals surface area contributed by atoms with Gasteiger partial charge < -0.3 is 4.12 Å². The maximum Gasteiger partial charge on any atom is 0.388 e. The topological polar surface area (TPSA) is 9.23 Å². The first-order valence-electron chi connectivity index (χ1n) is 2.47. The van der Waals surface area contributed by atoms with Gasteiger partial charge in [0.05, 0.1) is 0 Å². The highest BCUT2D eigenvalue weighted by Crippen LogP contribution is 2.20. The normalized spacial score (nSPS) is 12.3. The van der Waals surface area contributed by atoms with E-state index in [4.69, 9.17) is 0 Å². The molecule has 0 N–H and O–H groups in total. The smallest absolute Gasteiger partial charge is 0.388 e. The van der Waals surface area contributed by atoms with Crippen LogP contribution in [0.2, 0.25) is 6.04 Å². The first kappa shape index (κ1) is 9.18. The van der Waals surface area contributed by atoms with Gasteiger partial charge in [-0.3, -0.25) is 0 Å². The fraction of sp³-hybridized carbons (Fsp3) is 1.00. The summed E-state index contributed by atoms with van der Waals surface area (Å²) in [6.45, 7) is 0. The van der Waals surface area contributed by atoms with E-state index >= 15 is 0 Å². The number of rotatable bonds is 3. The lowest BCUT2D eigenvalue weighted by atomic mass is 10.5. The van der Waals surface area contributed by atoms with E-state index in [1.807, 2.05) is 0 Å². The van der Waals surface area contributed by atoms with Crippen LogP contribution in [0.25, 0.3) is 0 Å². The van der Waals surface area contributed by atoms with Gasteiger partial charge in [-0.2, -0.15) is 13.2 Å². The fourth-order valence-corrected chi connectivity index (χ4v) is 1.73. The average molecular weight is 173 g/mol. The first-order chi connectivity index (χ1) is 4.06. The molecule has 0 atom stereocenters. The highest BCUT2D eigenvalue weighted by molar-refractivity contribution is 6.34. The summed E-state index contributed by atoms with van der Waals surface area (Å²) < 4.78 is 38.7. The summed E-state index contributed by atoms with van der Waals surface area (Å²) in [6.07, 6.45) is -4.68. The largest absolute Gasteiger partial charge is 0.466 e. The molecule has 9 heavy (non-hydrogen) atoms. The Kier molecular flexibility index (Phi) is 4.16. The van der Waals surface area contributed by atoms with Gasteiger partial charge >= 0.3 is 6.18 Å². The minimum absolute atomic E-state index is 0.174. The van der Waals surface area contributed by atoms with E-state index in [9.17, 15) is 13.2 Å². The maximum absolute atomic E-state index is 11.3. The second-order valence-corrected chi connectivity index (χ2v) is 4.35. The molecule has 0 aliphatic carbocycles. The molecule has 0 spiro atoms. The zero-order valence-corrected chi connectivity index (χ0v) is 8.19. The van der Waals surface area contributed by atoms with Crippen LogP contribution in [-0.2, 0) is 4.12 Å². The predicted octanol–water partition coefficient (Wildman–Crippen LogP) is 0.00560. The predicted molar refractivity (Wildman–Crippen MR) is 33.7 cm³/mol. The molecule has 55 valence electrons. The number of halogens is 3. The summed E-state index contributed by atoms with van der Waals surface area (Å²) in [7, 11) is 0.167. The molecule has 6 heteroatoms. The third-order valence-corrected chi connectivity index (χ3v) is 2.57. The Balaban J connectivity index is 3.07. The monoisotopic (exact) mass is 173 g/mol. The van der Waals surface area contributed by atoms with E-state index < -0.39 is 22.4 Å². The minimum Gasteiger partial charge on any atom is -0.466 e. The lowest BCUT2D eigenvalue weighted by Crippen LogP contribution is -2.08. The van der Waals surface area contributed by atoms with Crippen LogP contribution in [0.3, 0.4) is 0 Å². The molecule has 0 rings (SSSR count). The van der Waals surface area contributed by atoms with Gasteiger partial charge in [0, 0.05) is 6.42 Å². The van der Waals surface area contributed by atoms with Gasteiger partial charge in [-0.25, -0.2) is 0 Å². The SMILES string of the molecule is FC(F)(F)CC[SiH]O[SiH3]. The molecule has 0 aromatic rings. The molecule has 1 radical (unpaired) electrons. The second-order valence-electron chi connectivity index (χ2n) is 1.56. The van der Waals surface area contributed by atoms with E-state index in [0.29, 0.717) is 10.5 Å². The summed E-state index contributed by atoms with van der Waals surface area (Å²) in [6, 6.07) is 0.174. The highest BCUT2D eigenvalue weighted by atomic mass is 28.3. The average Bonchev–Trinajstić information content (AvgIpc) is 1.63. The van der Waals surface area contributed by atoms with Crippen LogP contribution in [0, 0.1) is 0 Å². The van der Waals surface area contributed by atoms with E-state index in [-0.39, 0.29) is 6.04 Å². The van der Waals surface area contributed by atoms with E-state index in [0.717, 1.165) is 0 Å². The van der Waals surface area contributed by atoms with E-state index in [1.54, 1.807) is 0 Å². The van der Waals surface area contributed by atoms with Gasteiger partial charge in [-0.1, -0.05) is 0 Å². The van der Waals surface area contributed by atoms with Crippen molar-refractivity contribution in [3.05, 3.63) is 0 Å². The maximum atomic E-state index is 11.3. The molecule has 0 heterocycles. The minimum atomic E-state index is -3.99. The van der Waals surface area contributed by atoms with Crippen LogP contribution in [0.4, 0.5) is 13.2 Å². The molecule has 0 saturated carbocycles. The van der Waals surface area contributed by atoms with Crippen molar-refractivity contribution in [3.63, 3.8) is 0 Å². The van der Waals surface area contributed by atoms with Crippen molar-refractivity contribution in [3.8, 4) is 0 Å². The number of alkyl halides is 3. The fourth-order valence-electron chi connectivity index (χ4n) is 0.340.